The van der Waals surface area contributed by atoms with Gasteiger partial charge in [-0.1, -0.05) is 11.6 Å². The van der Waals surface area contributed by atoms with Gasteiger partial charge in [0.15, 0.2) is 11.5 Å². The maximum absolute atomic E-state index is 9.17. The Morgan fingerprint density at radius 2 is 2.21 bits per heavy atom. The predicted octanol–water partition coefficient (Wildman–Crippen LogP) is 1.21. The maximum atomic E-state index is 9.17. The van der Waals surface area contributed by atoms with Crippen LogP contribution in [0.25, 0.3) is 0 Å². The summed E-state index contributed by atoms with van der Waals surface area (Å²) in [6, 6.07) is 3.63. The summed E-state index contributed by atoms with van der Waals surface area (Å²) in [5.41, 5.74) is 0.976. The Morgan fingerprint density at radius 1 is 1.42 bits per heavy atom. The third kappa shape index (κ3) is 3.73. The van der Waals surface area contributed by atoms with Crippen molar-refractivity contribution in [2.24, 2.45) is 0 Å². The van der Waals surface area contributed by atoms with Crippen molar-refractivity contribution in [3.63, 3.8) is 0 Å². The summed E-state index contributed by atoms with van der Waals surface area (Å²) in [5.74, 6) is 1.27. The topological polar surface area (TPSA) is 60.0 Å². The highest BCUT2D eigenvalue weighted by molar-refractivity contribution is 6.32. The van der Waals surface area contributed by atoms with E-state index in [4.69, 9.17) is 30.9 Å². The van der Waals surface area contributed by atoms with Gasteiger partial charge < -0.3 is 24.6 Å². The fourth-order valence-electron chi connectivity index (χ4n) is 1.91. The molecule has 1 unspecified atom stereocenters. The van der Waals surface area contributed by atoms with E-state index < -0.39 is 0 Å². The molecule has 2 N–H and O–H groups in total. The van der Waals surface area contributed by atoms with Gasteiger partial charge in [-0.2, -0.15) is 0 Å². The van der Waals surface area contributed by atoms with Crippen molar-refractivity contribution in [1.29, 1.82) is 0 Å². The van der Waals surface area contributed by atoms with Crippen LogP contribution in [0.4, 0.5) is 0 Å². The largest absolute Gasteiger partial charge is 0.486 e. The number of hydrogen-bond donors (Lipinski definition) is 2. The zero-order valence-electron chi connectivity index (χ0n) is 10.8. The van der Waals surface area contributed by atoms with Crippen molar-refractivity contribution in [2.75, 3.05) is 33.5 Å². The predicted molar refractivity (Wildman–Crippen MR) is 72.0 cm³/mol. The summed E-state index contributed by atoms with van der Waals surface area (Å²) in [4.78, 5) is 0. The number of rotatable bonds is 6. The highest BCUT2D eigenvalue weighted by atomic mass is 35.5. The number of methoxy groups -OCH3 is 1. The number of benzene rings is 1. The molecule has 0 fully saturated rings. The first-order chi connectivity index (χ1) is 9.24. The van der Waals surface area contributed by atoms with Gasteiger partial charge >= 0.3 is 0 Å². The molecule has 0 spiro atoms. The van der Waals surface area contributed by atoms with Crippen molar-refractivity contribution in [2.45, 2.75) is 12.6 Å². The Morgan fingerprint density at radius 3 is 2.95 bits per heavy atom. The Labute approximate surface area is 117 Å². The molecule has 1 aromatic carbocycles. The number of hydrogen-bond acceptors (Lipinski definition) is 5. The van der Waals surface area contributed by atoms with Crippen molar-refractivity contribution in [1.82, 2.24) is 5.32 Å². The molecule has 0 bridgehead atoms. The standard InChI is InChI=1S/C13H18ClNO4/c1-17-8-10(7-16)15-6-9-4-11(14)13-12(5-9)18-2-3-19-13/h4-5,10,15-16H,2-3,6-8H2,1H3. The fourth-order valence-corrected chi connectivity index (χ4v) is 2.19. The summed E-state index contributed by atoms with van der Waals surface area (Å²) in [6.45, 7) is 2.10. The molecule has 0 radical (unpaired) electrons. The molecule has 106 valence electrons. The van der Waals surface area contributed by atoms with Crippen LogP contribution in [0.3, 0.4) is 0 Å². The van der Waals surface area contributed by atoms with E-state index >= 15 is 0 Å². The van der Waals surface area contributed by atoms with Crippen LogP contribution in [0.15, 0.2) is 12.1 Å². The molecule has 0 saturated heterocycles. The van der Waals surface area contributed by atoms with Crippen LogP contribution in [0.1, 0.15) is 5.56 Å². The van der Waals surface area contributed by atoms with Crippen LogP contribution in [-0.2, 0) is 11.3 Å². The Kier molecular flexibility index (Phi) is 5.27. The minimum absolute atomic E-state index is 0.0200. The summed E-state index contributed by atoms with van der Waals surface area (Å²) in [6.07, 6.45) is 0. The molecule has 0 amide bonds. The lowest BCUT2D eigenvalue weighted by Crippen LogP contribution is -2.35. The number of nitrogens with one attached hydrogen (secondary N) is 1. The van der Waals surface area contributed by atoms with Gasteiger partial charge in [0.25, 0.3) is 0 Å². The van der Waals surface area contributed by atoms with Gasteiger partial charge in [0, 0.05) is 13.7 Å². The van der Waals surface area contributed by atoms with E-state index in [1.165, 1.54) is 0 Å². The van der Waals surface area contributed by atoms with Gasteiger partial charge in [-0.05, 0) is 17.7 Å². The molecule has 1 aliphatic heterocycles. The first-order valence-electron chi connectivity index (χ1n) is 6.15. The lowest BCUT2D eigenvalue weighted by molar-refractivity contribution is 0.128. The van der Waals surface area contributed by atoms with Crippen LogP contribution in [-0.4, -0.2) is 44.7 Å². The first-order valence-corrected chi connectivity index (χ1v) is 6.53. The molecule has 1 heterocycles. The molecular weight excluding hydrogens is 270 g/mol. The van der Waals surface area contributed by atoms with E-state index in [1.54, 1.807) is 7.11 Å². The van der Waals surface area contributed by atoms with Crippen LogP contribution >= 0.6 is 11.6 Å². The van der Waals surface area contributed by atoms with Crippen LogP contribution in [0.2, 0.25) is 5.02 Å². The van der Waals surface area contributed by atoms with Gasteiger partial charge in [-0.25, -0.2) is 0 Å². The second-order valence-corrected chi connectivity index (χ2v) is 4.72. The van der Waals surface area contributed by atoms with Crippen molar-refractivity contribution in [3.8, 4) is 11.5 Å². The molecular formula is C13H18ClNO4. The Bertz CT molecular complexity index is 427. The minimum atomic E-state index is -0.100. The van der Waals surface area contributed by atoms with Gasteiger partial charge in [0.2, 0.25) is 0 Å². The third-order valence-corrected chi connectivity index (χ3v) is 3.12. The van der Waals surface area contributed by atoms with Gasteiger partial charge in [-0.15, -0.1) is 0 Å². The van der Waals surface area contributed by atoms with Crippen molar-refractivity contribution < 1.29 is 19.3 Å². The Balaban J connectivity index is 2.02. The first kappa shape index (κ1) is 14.4. The highest BCUT2D eigenvalue weighted by Crippen LogP contribution is 2.38. The third-order valence-electron chi connectivity index (χ3n) is 2.84. The van der Waals surface area contributed by atoms with Crippen molar-refractivity contribution >= 4 is 11.6 Å². The van der Waals surface area contributed by atoms with E-state index in [9.17, 15) is 0 Å². The summed E-state index contributed by atoms with van der Waals surface area (Å²) >= 11 is 6.15. The van der Waals surface area contributed by atoms with Crippen molar-refractivity contribution in [3.05, 3.63) is 22.7 Å². The van der Waals surface area contributed by atoms with E-state index in [2.05, 4.69) is 5.32 Å². The molecule has 19 heavy (non-hydrogen) atoms. The highest BCUT2D eigenvalue weighted by Gasteiger charge is 2.17. The van der Waals surface area contributed by atoms with E-state index in [-0.39, 0.29) is 12.6 Å². The smallest absolute Gasteiger partial charge is 0.179 e. The Hall–Kier alpha value is -1.01. The summed E-state index contributed by atoms with van der Waals surface area (Å²) < 4.78 is 16.0. The number of halogens is 1. The lowest BCUT2D eigenvalue weighted by Gasteiger charge is -2.21. The fraction of sp³-hybridized carbons (Fsp3) is 0.538. The second-order valence-electron chi connectivity index (χ2n) is 4.32. The SMILES string of the molecule is COCC(CO)NCc1cc(Cl)c2c(c1)OCCO2. The summed E-state index contributed by atoms with van der Waals surface area (Å²) in [7, 11) is 1.60. The van der Waals surface area contributed by atoms with Crippen LogP contribution in [0, 0.1) is 0 Å². The average molecular weight is 288 g/mol. The van der Waals surface area contributed by atoms with E-state index in [0.717, 1.165) is 5.56 Å². The monoisotopic (exact) mass is 287 g/mol. The average Bonchev–Trinajstić information content (AvgIpc) is 2.43. The zero-order valence-corrected chi connectivity index (χ0v) is 11.6. The molecule has 5 nitrogen and oxygen atoms in total. The zero-order chi connectivity index (χ0) is 13.7. The molecule has 2 rings (SSSR count). The lowest BCUT2D eigenvalue weighted by atomic mass is 10.1. The quantitative estimate of drug-likeness (QED) is 0.823. The number of fused-ring (bicyclic) bond motifs is 1. The number of aliphatic hydroxyl groups is 1. The molecule has 1 aromatic rings. The molecule has 6 heteroatoms. The normalized spacial score (nSPS) is 15.3. The molecule has 0 saturated carbocycles. The molecule has 1 atom stereocenters. The van der Waals surface area contributed by atoms with Crippen LogP contribution < -0.4 is 14.8 Å². The van der Waals surface area contributed by atoms with Gasteiger partial charge in [-0.3, -0.25) is 0 Å². The minimum Gasteiger partial charge on any atom is -0.486 e. The van der Waals surface area contributed by atoms with Gasteiger partial charge in [0.05, 0.1) is 24.3 Å². The molecule has 0 aromatic heterocycles. The number of aliphatic hydroxyl groups excluding tert-OH is 1. The summed E-state index contributed by atoms with van der Waals surface area (Å²) in [5, 5.41) is 12.9. The molecule has 1 aliphatic rings. The van der Waals surface area contributed by atoms with Gasteiger partial charge in [0.1, 0.15) is 13.2 Å². The molecule has 0 aliphatic carbocycles. The van der Waals surface area contributed by atoms with E-state index in [1.807, 2.05) is 12.1 Å². The maximum Gasteiger partial charge on any atom is 0.179 e. The van der Waals surface area contributed by atoms with E-state index in [0.29, 0.717) is 42.9 Å². The van der Waals surface area contributed by atoms with Crippen LogP contribution in [0.5, 0.6) is 11.5 Å². The second kappa shape index (κ2) is 6.96. The number of ether oxygens (including phenoxy) is 3.